The van der Waals surface area contributed by atoms with Crippen molar-refractivity contribution in [1.82, 2.24) is 8.87 Å². The van der Waals surface area contributed by atoms with E-state index >= 15 is 0 Å². The topological polar surface area (TPSA) is 59.4 Å². The molecule has 0 unspecified atom stereocenters. The molecule has 24 heavy (non-hydrogen) atoms. The van der Waals surface area contributed by atoms with Crippen LogP contribution in [0.1, 0.15) is 63.6 Å². The smallest absolute Gasteiger partial charge is 0.250 e. The first-order chi connectivity index (χ1) is 11.5. The summed E-state index contributed by atoms with van der Waals surface area (Å²) >= 11 is 0. The van der Waals surface area contributed by atoms with Gasteiger partial charge in [0.1, 0.15) is 0 Å². The van der Waals surface area contributed by atoms with Crippen LogP contribution in [0.15, 0.2) is 23.0 Å². The van der Waals surface area contributed by atoms with Crippen LogP contribution in [0, 0.1) is 5.92 Å². The van der Waals surface area contributed by atoms with Crippen LogP contribution in [0.5, 0.6) is 0 Å². The lowest BCUT2D eigenvalue weighted by molar-refractivity contribution is 0.136. The van der Waals surface area contributed by atoms with Crippen molar-refractivity contribution >= 4 is 10.0 Å². The van der Waals surface area contributed by atoms with E-state index in [9.17, 15) is 13.2 Å². The zero-order valence-corrected chi connectivity index (χ0v) is 15.5. The molecule has 1 saturated heterocycles. The monoisotopic (exact) mass is 352 g/mol. The fourth-order valence-corrected chi connectivity index (χ4v) is 6.09. The number of fused-ring (bicyclic) bond motifs is 4. The summed E-state index contributed by atoms with van der Waals surface area (Å²) in [5, 5.41) is 0. The van der Waals surface area contributed by atoms with Gasteiger partial charge in [-0.2, -0.15) is 0 Å². The predicted octanol–water partition coefficient (Wildman–Crippen LogP) is 2.74. The quantitative estimate of drug-likeness (QED) is 0.791. The third kappa shape index (κ3) is 3.18. The first-order valence-electron chi connectivity index (χ1n) is 9.17. The Labute approximate surface area is 144 Å². The van der Waals surface area contributed by atoms with E-state index < -0.39 is 10.0 Å². The lowest BCUT2D eigenvalue weighted by Crippen LogP contribution is -2.51. The SMILES string of the molecule is CCCCS(=O)(=O)N1C[C@H]2C[C@@H](C1)[C@H](CCC)n1c2cccc1=O. The maximum Gasteiger partial charge on any atom is 0.250 e. The maximum atomic E-state index is 12.7. The summed E-state index contributed by atoms with van der Waals surface area (Å²) in [5.41, 5.74) is 1.08. The number of hydrogen-bond donors (Lipinski definition) is 0. The number of rotatable bonds is 6. The summed E-state index contributed by atoms with van der Waals surface area (Å²) < 4.78 is 29.0. The average Bonchev–Trinajstić information content (AvgIpc) is 2.57. The third-order valence-electron chi connectivity index (χ3n) is 5.50. The normalized spacial score (nSPS) is 27.0. The Balaban J connectivity index is 1.96. The highest BCUT2D eigenvalue weighted by Gasteiger charge is 2.42. The van der Waals surface area contributed by atoms with Gasteiger partial charge in [0.05, 0.1) is 5.75 Å². The first-order valence-corrected chi connectivity index (χ1v) is 10.8. The molecule has 1 aromatic rings. The van der Waals surface area contributed by atoms with Gasteiger partial charge in [-0.25, -0.2) is 12.7 Å². The van der Waals surface area contributed by atoms with Gasteiger partial charge in [-0.1, -0.05) is 32.8 Å². The van der Waals surface area contributed by atoms with Gasteiger partial charge in [-0.3, -0.25) is 4.79 Å². The van der Waals surface area contributed by atoms with Crippen molar-refractivity contribution in [2.45, 2.75) is 57.9 Å². The molecule has 1 aromatic heterocycles. The molecule has 6 heteroatoms. The fourth-order valence-electron chi connectivity index (χ4n) is 4.35. The number of nitrogens with zero attached hydrogens (tertiary/aromatic N) is 2. The van der Waals surface area contributed by atoms with E-state index in [0.717, 1.165) is 31.4 Å². The van der Waals surface area contributed by atoms with Crippen LogP contribution < -0.4 is 5.56 Å². The van der Waals surface area contributed by atoms with E-state index in [1.54, 1.807) is 10.4 Å². The van der Waals surface area contributed by atoms with Crippen molar-refractivity contribution < 1.29 is 8.42 Å². The molecule has 1 fully saturated rings. The number of piperidine rings is 1. The summed E-state index contributed by atoms with van der Waals surface area (Å²) in [6, 6.07) is 5.57. The van der Waals surface area contributed by atoms with Gasteiger partial charge in [0.25, 0.3) is 5.56 Å². The largest absolute Gasteiger partial charge is 0.309 e. The number of pyridine rings is 1. The second kappa shape index (κ2) is 7.00. The summed E-state index contributed by atoms with van der Waals surface area (Å²) in [5.74, 6) is 0.623. The molecule has 3 atom stereocenters. The van der Waals surface area contributed by atoms with Crippen molar-refractivity contribution in [3.8, 4) is 0 Å². The Kier molecular flexibility index (Phi) is 5.16. The Morgan fingerprint density at radius 3 is 2.67 bits per heavy atom. The molecule has 0 saturated carbocycles. The lowest BCUT2D eigenvalue weighted by atomic mass is 9.78. The Bertz CT molecular complexity index is 741. The van der Waals surface area contributed by atoms with Crippen LogP contribution >= 0.6 is 0 Å². The van der Waals surface area contributed by atoms with Gasteiger partial charge in [0.2, 0.25) is 10.0 Å². The minimum absolute atomic E-state index is 0.0583. The molecule has 2 aliphatic rings. The fraction of sp³-hybridized carbons (Fsp3) is 0.722. The Hall–Kier alpha value is -1.14. The van der Waals surface area contributed by atoms with E-state index in [0.29, 0.717) is 19.5 Å². The standard InChI is InChI=1S/C18H28N2O3S/c1-3-5-10-24(22,23)19-12-14-11-15(13-19)17-8-6-9-18(21)20(17)16(14)7-4-2/h6,8-9,14-16H,3-5,7,10-13H2,1-2H3/t14-,15+,16-/m0/s1. The van der Waals surface area contributed by atoms with Gasteiger partial charge >= 0.3 is 0 Å². The maximum absolute atomic E-state index is 12.7. The van der Waals surface area contributed by atoms with Crippen molar-refractivity contribution in [3.63, 3.8) is 0 Å². The van der Waals surface area contributed by atoms with Crippen molar-refractivity contribution in [2.75, 3.05) is 18.8 Å². The number of unbranched alkanes of at least 4 members (excludes halogenated alkanes) is 1. The molecule has 0 amide bonds. The molecule has 0 aromatic carbocycles. The highest BCUT2D eigenvalue weighted by atomic mass is 32.2. The van der Waals surface area contributed by atoms with Crippen LogP contribution in [0.2, 0.25) is 0 Å². The second-order valence-electron chi connectivity index (χ2n) is 7.19. The van der Waals surface area contributed by atoms with Crippen LogP contribution in [-0.4, -0.2) is 36.1 Å². The molecule has 3 heterocycles. The molecule has 134 valence electrons. The van der Waals surface area contributed by atoms with Gasteiger partial charge in [0.15, 0.2) is 0 Å². The summed E-state index contributed by atoms with van der Waals surface area (Å²) in [4.78, 5) is 12.4. The summed E-state index contributed by atoms with van der Waals surface area (Å²) in [6.07, 6.45) is 4.51. The number of sulfonamides is 1. The lowest BCUT2D eigenvalue weighted by Gasteiger charge is -2.46. The molecule has 2 bridgehead atoms. The molecule has 2 aliphatic heterocycles. The Morgan fingerprint density at radius 2 is 1.96 bits per heavy atom. The zero-order chi connectivity index (χ0) is 17.3. The van der Waals surface area contributed by atoms with Crippen LogP contribution in [0.25, 0.3) is 0 Å². The first kappa shape index (κ1) is 17.7. The molecule has 0 spiro atoms. The van der Waals surface area contributed by atoms with Crippen molar-refractivity contribution in [2.24, 2.45) is 5.92 Å². The van der Waals surface area contributed by atoms with Crippen molar-refractivity contribution in [1.29, 1.82) is 0 Å². The van der Waals surface area contributed by atoms with Crippen LogP contribution in [0.4, 0.5) is 0 Å². The minimum atomic E-state index is -3.19. The van der Waals surface area contributed by atoms with E-state index in [2.05, 4.69) is 6.92 Å². The molecular weight excluding hydrogens is 324 g/mol. The highest BCUT2D eigenvalue weighted by molar-refractivity contribution is 7.89. The molecule has 0 aliphatic carbocycles. The third-order valence-corrected chi connectivity index (χ3v) is 7.39. The Morgan fingerprint density at radius 1 is 1.17 bits per heavy atom. The highest BCUT2D eigenvalue weighted by Crippen LogP contribution is 2.43. The average molecular weight is 353 g/mol. The molecule has 0 N–H and O–H groups in total. The predicted molar refractivity (Wildman–Crippen MR) is 95.8 cm³/mol. The van der Waals surface area contributed by atoms with Gasteiger partial charge in [-0.15, -0.1) is 0 Å². The zero-order valence-electron chi connectivity index (χ0n) is 14.6. The molecule has 5 nitrogen and oxygen atoms in total. The van der Waals surface area contributed by atoms with E-state index in [1.807, 2.05) is 23.6 Å². The summed E-state index contributed by atoms with van der Waals surface area (Å²) in [6.45, 7) is 5.22. The summed E-state index contributed by atoms with van der Waals surface area (Å²) in [7, 11) is -3.19. The molecule has 0 radical (unpaired) electrons. The van der Waals surface area contributed by atoms with Crippen LogP contribution in [0.3, 0.4) is 0 Å². The minimum Gasteiger partial charge on any atom is -0.309 e. The van der Waals surface area contributed by atoms with Crippen LogP contribution in [-0.2, 0) is 10.0 Å². The number of hydrogen-bond acceptors (Lipinski definition) is 3. The van der Waals surface area contributed by atoms with Crippen molar-refractivity contribution in [3.05, 3.63) is 34.2 Å². The molecular formula is C18H28N2O3S. The van der Waals surface area contributed by atoms with E-state index in [1.165, 1.54) is 0 Å². The van der Waals surface area contributed by atoms with Gasteiger partial charge in [0, 0.05) is 36.8 Å². The number of aromatic nitrogens is 1. The van der Waals surface area contributed by atoms with E-state index in [-0.39, 0.29) is 29.2 Å². The van der Waals surface area contributed by atoms with E-state index in [4.69, 9.17) is 0 Å². The second-order valence-corrected chi connectivity index (χ2v) is 9.28. The van der Waals surface area contributed by atoms with Gasteiger partial charge in [-0.05, 0) is 31.2 Å². The molecule has 3 rings (SSSR count). The van der Waals surface area contributed by atoms with Gasteiger partial charge < -0.3 is 4.57 Å².